The van der Waals surface area contributed by atoms with E-state index in [0.29, 0.717) is 25.9 Å². The summed E-state index contributed by atoms with van der Waals surface area (Å²) in [6.45, 7) is 9.21. The third kappa shape index (κ3) is 5.29. The summed E-state index contributed by atoms with van der Waals surface area (Å²) in [6.07, 6.45) is 0. The third-order valence-electron chi connectivity index (χ3n) is 2.07. The smallest absolute Gasteiger partial charge is 0.349 e. The standard InChI is InChI=1S/C10H22O4Si/c1-5-12-10(11)9-15(8-4,13-6-2)14-7-3/h5-9H2,1-4H3. The van der Waals surface area contributed by atoms with Gasteiger partial charge in [-0.2, -0.15) is 0 Å². The van der Waals surface area contributed by atoms with Gasteiger partial charge in [-0.05, 0) is 26.8 Å². The van der Waals surface area contributed by atoms with Crippen LogP contribution >= 0.6 is 0 Å². The van der Waals surface area contributed by atoms with Crippen LogP contribution in [0.15, 0.2) is 0 Å². The van der Waals surface area contributed by atoms with Crippen molar-refractivity contribution in [1.29, 1.82) is 0 Å². The molecule has 0 radical (unpaired) electrons. The van der Waals surface area contributed by atoms with Crippen molar-refractivity contribution in [2.75, 3.05) is 19.8 Å². The normalized spacial score (nSPS) is 11.5. The van der Waals surface area contributed by atoms with Gasteiger partial charge >= 0.3 is 14.5 Å². The van der Waals surface area contributed by atoms with E-state index in [0.717, 1.165) is 6.04 Å². The molecule has 0 aromatic carbocycles. The fourth-order valence-corrected chi connectivity index (χ4v) is 3.97. The summed E-state index contributed by atoms with van der Waals surface area (Å²) in [5.74, 6) is -0.215. The van der Waals surface area contributed by atoms with Crippen molar-refractivity contribution in [3.8, 4) is 0 Å². The Balaban J connectivity index is 4.38. The highest BCUT2D eigenvalue weighted by Gasteiger charge is 2.38. The summed E-state index contributed by atoms with van der Waals surface area (Å²) in [4.78, 5) is 11.4. The largest absolute Gasteiger partial charge is 0.466 e. The molecule has 0 saturated carbocycles. The van der Waals surface area contributed by atoms with E-state index in [9.17, 15) is 4.79 Å². The number of carbonyl (C=O) groups is 1. The summed E-state index contributed by atoms with van der Waals surface area (Å²) in [5, 5.41) is 0. The molecule has 0 fully saturated rings. The van der Waals surface area contributed by atoms with E-state index >= 15 is 0 Å². The number of esters is 1. The first-order valence-electron chi connectivity index (χ1n) is 5.57. The van der Waals surface area contributed by atoms with Crippen molar-refractivity contribution >= 4 is 14.5 Å². The van der Waals surface area contributed by atoms with Gasteiger partial charge in [-0.15, -0.1) is 0 Å². The van der Waals surface area contributed by atoms with Crippen molar-refractivity contribution in [3.05, 3.63) is 0 Å². The zero-order chi connectivity index (χ0) is 11.7. The second kappa shape index (κ2) is 7.84. The van der Waals surface area contributed by atoms with Gasteiger partial charge in [-0.1, -0.05) is 6.92 Å². The predicted molar refractivity (Wildman–Crippen MR) is 60.9 cm³/mol. The molecular formula is C10H22O4Si. The maximum atomic E-state index is 11.4. The molecule has 0 atom stereocenters. The molecule has 0 N–H and O–H groups in total. The van der Waals surface area contributed by atoms with Gasteiger partial charge in [0.1, 0.15) is 0 Å². The van der Waals surface area contributed by atoms with Gasteiger partial charge in [-0.25, -0.2) is 0 Å². The van der Waals surface area contributed by atoms with Crippen LogP contribution in [0.2, 0.25) is 12.1 Å². The quantitative estimate of drug-likeness (QED) is 0.476. The minimum Gasteiger partial charge on any atom is -0.466 e. The molecular weight excluding hydrogens is 212 g/mol. The van der Waals surface area contributed by atoms with Gasteiger partial charge in [0.2, 0.25) is 0 Å². The summed E-state index contributed by atoms with van der Waals surface area (Å²) in [6, 6.07) is 1.06. The van der Waals surface area contributed by atoms with Crippen molar-refractivity contribution in [3.63, 3.8) is 0 Å². The van der Waals surface area contributed by atoms with Crippen LogP contribution in [-0.4, -0.2) is 34.4 Å². The molecule has 0 rings (SSSR count). The van der Waals surface area contributed by atoms with Gasteiger partial charge in [0.05, 0.1) is 12.7 Å². The number of carbonyl (C=O) groups excluding carboxylic acids is 1. The summed E-state index contributed by atoms with van der Waals surface area (Å²) >= 11 is 0. The lowest BCUT2D eigenvalue weighted by Crippen LogP contribution is -2.43. The molecule has 0 spiro atoms. The van der Waals surface area contributed by atoms with Crippen LogP contribution in [0.4, 0.5) is 0 Å². The average molecular weight is 234 g/mol. The molecule has 90 valence electrons. The maximum Gasteiger partial charge on any atom is 0.349 e. The second-order valence-electron chi connectivity index (χ2n) is 3.11. The highest BCUT2D eigenvalue weighted by atomic mass is 28.4. The molecule has 4 nitrogen and oxygen atoms in total. The molecule has 0 aliphatic rings. The lowest BCUT2D eigenvalue weighted by Gasteiger charge is -2.27. The van der Waals surface area contributed by atoms with Gasteiger partial charge in [0, 0.05) is 13.2 Å². The van der Waals surface area contributed by atoms with E-state index in [1.165, 1.54) is 0 Å². The summed E-state index contributed by atoms with van der Waals surface area (Å²) in [5.41, 5.74) is 0. The Morgan fingerprint density at radius 2 is 1.53 bits per heavy atom. The van der Waals surface area contributed by atoms with Gasteiger partial charge < -0.3 is 13.6 Å². The fraction of sp³-hybridized carbons (Fsp3) is 0.900. The van der Waals surface area contributed by atoms with E-state index in [2.05, 4.69) is 0 Å². The van der Waals surface area contributed by atoms with Crippen molar-refractivity contribution < 1.29 is 18.4 Å². The minimum atomic E-state index is -2.34. The Morgan fingerprint density at radius 1 is 1.00 bits per heavy atom. The summed E-state index contributed by atoms with van der Waals surface area (Å²) in [7, 11) is -2.34. The van der Waals surface area contributed by atoms with Crippen molar-refractivity contribution in [1.82, 2.24) is 0 Å². The Labute approximate surface area is 93.2 Å². The average Bonchev–Trinajstić information content (AvgIpc) is 2.18. The molecule has 0 unspecified atom stereocenters. The van der Waals surface area contributed by atoms with Crippen molar-refractivity contribution in [2.24, 2.45) is 0 Å². The van der Waals surface area contributed by atoms with Crippen LogP contribution in [0, 0.1) is 0 Å². The van der Waals surface area contributed by atoms with Crippen LogP contribution in [0.3, 0.4) is 0 Å². The molecule has 0 bridgehead atoms. The topological polar surface area (TPSA) is 44.8 Å². The maximum absolute atomic E-state index is 11.4. The molecule has 0 amide bonds. The van der Waals surface area contributed by atoms with E-state index in [1.807, 2.05) is 20.8 Å². The lowest BCUT2D eigenvalue weighted by atomic mass is 10.8. The monoisotopic (exact) mass is 234 g/mol. The molecule has 0 heterocycles. The molecule has 0 aromatic heterocycles. The Kier molecular flexibility index (Phi) is 7.64. The minimum absolute atomic E-state index is 0.215. The van der Waals surface area contributed by atoms with Crippen molar-refractivity contribution in [2.45, 2.75) is 39.8 Å². The molecule has 5 heteroatoms. The van der Waals surface area contributed by atoms with Crippen LogP contribution < -0.4 is 0 Å². The highest BCUT2D eigenvalue weighted by Crippen LogP contribution is 2.19. The molecule has 0 saturated heterocycles. The van der Waals surface area contributed by atoms with Gasteiger partial charge in [0.15, 0.2) is 0 Å². The highest BCUT2D eigenvalue weighted by molar-refractivity contribution is 6.70. The Hall–Kier alpha value is -0.393. The second-order valence-corrected chi connectivity index (χ2v) is 6.57. The number of hydrogen-bond acceptors (Lipinski definition) is 4. The van der Waals surface area contributed by atoms with E-state index in [-0.39, 0.29) is 5.97 Å². The zero-order valence-electron chi connectivity index (χ0n) is 10.2. The Morgan fingerprint density at radius 3 is 1.87 bits per heavy atom. The van der Waals surface area contributed by atoms with E-state index < -0.39 is 8.56 Å². The first-order chi connectivity index (χ1) is 7.14. The van der Waals surface area contributed by atoms with Crippen LogP contribution in [0.1, 0.15) is 27.7 Å². The third-order valence-corrected chi connectivity index (χ3v) is 5.61. The van der Waals surface area contributed by atoms with E-state index in [4.69, 9.17) is 13.6 Å². The number of ether oxygens (including phenoxy) is 1. The Bertz CT molecular complexity index is 178. The van der Waals surface area contributed by atoms with Gasteiger partial charge in [-0.3, -0.25) is 4.79 Å². The van der Waals surface area contributed by atoms with Crippen LogP contribution in [0.5, 0.6) is 0 Å². The van der Waals surface area contributed by atoms with Gasteiger partial charge in [0.25, 0.3) is 0 Å². The predicted octanol–water partition coefficient (Wildman–Crippen LogP) is 2.08. The van der Waals surface area contributed by atoms with Crippen LogP contribution in [-0.2, 0) is 18.4 Å². The molecule has 15 heavy (non-hydrogen) atoms. The number of rotatable bonds is 8. The number of hydrogen-bond donors (Lipinski definition) is 0. The lowest BCUT2D eigenvalue weighted by molar-refractivity contribution is -0.141. The molecule has 0 aliphatic heterocycles. The first kappa shape index (κ1) is 14.6. The molecule has 0 aliphatic carbocycles. The SMILES string of the molecule is CCOC(=O)C[Si](CC)(OCC)OCC. The molecule has 0 aromatic rings. The fourth-order valence-electron chi connectivity index (χ4n) is 1.43. The zero-order valence-corrected chi connectivity index (χ0v) is 11.2. The van der Waals surface area contributed by atoms with E-state index in [1.54, 1.807) is 6.92 Å². The first-order valence-corrected chi connectivity index (χ1v) is 7.80. The summed E-state index contributed by atoms with van der Waals surface area (Å²) < 4.78 is 16.2. The van der Waals surface area contributed by atoms with Crippen LogP contribution in [0.25, 0.3) is 0 Å².